The van der Waals surface area contributed by atoms with Crippen molar-refractivity contribution in [2.75, 3.05) is 13.1 Å². The average Bonchev–Trinajstić information content (AvgIpc) is 2.97. The molecule has 0 unspecified atom stereocenters. The van der Waals surface area contributed by atoms with Crippen LogP contribution in [0.2, 0.25) is 0 Å². The van der Waals surface area contributed by atoms with Gasteiger partial charge in [-0.05, 0) is 42.7 Å². The first kappa shape index (κ1) is 13.7. The van der Waals surface area contributed by atoms with Gasteiger partial charge in [-0.3, -0.25) is 4.79 Å². The van der Waals surface area contributed by atoms with Crippen LogP contribution in [0.4, 0.5) is 0 Å². The SMILES string of the molecule is O=C([C@@H]1Cc2ccccc2S1)N1CC[C@@H]2CCCC[C@@H]2C1. The third-order valence-electron chi connectivity index (χ3n) is 5.53. The number of hydrogen-bond donors (Lipinski definition) is 0. The Morgan fingerprint density at radius 1 is 1.10 bits per heavy atom. The molecule has 1 saturated carbocycles. The number of rotatable bonds is 1. The molecule has 1 saturated heterocycles. The third-order valence-corrected chi connectivity index (χ3v) is 6.83. The molecule has 2 aliphatic heterocycles. The number of carbonyl (C=O) groups is 1. The van der Waals surface area contributed by atoms with E-state index in [1.807, 2.05) is 0 Å². The van der Waals surface area contributed by atoms with Crippen LogP contribution in [-0.4, -0.2) is 29.1 Å². The van der Waals surface area contributed by atoms with Gasteiger partial charge < -0.3 is 4.90 Å². The van der Waals surface area contributed by atoms with Crippen molar-refractivity contribution in [2.45, 2.75) is 48.7 Å². The van der Waals surface area contributed by atoms with Crippen molar-refractivity contribution in [3.8, 4) is 0 Å². The number of piperidine rings is 1. The fourth-order valence-corrected chi connectivity index (χ4v) is 5.60. The van der Waals surface area contributed by atoms with Crippen LogP contribution < -0.4 is 0 Å². The van der Waals surface area contributed by atoms with Crippen molar-refractivity contribution in [1.82, 2.24) is 4.90 Å². The van der Waals surface area contributed by atoms with E-state index in [-0.39, 0.29) is 5.25 Å². The van der Waals surface area contributed by atoms with Crippen LogP contribution in [0.3, 0.4) is 0 Å². The number of fused-ring (bicyclic) bond motifs is 2. The highest BCUT2D eigenvalue weighted by Crippen LogP contribution is 2.40. The second-order valence-corrected chi connectivity index (χ2v) is 8.04. The predicted octanol–water partition coefficient (Wildman–Crippen LogP) is 3.74. The molecule has 21 heavy (non-hydrogen) atoms. The van der Waals surface area contributed by atoms with E-state index in [0.29, 0.717) is 5.91 Å². The van der Waals surface area contributed by atoms with Gasteiger partial charge in [0.05, 0.1) is 5.25 Å². The van der Waals surface area contributed by atoms with Gasteiger partial charge in [-0.25, -0.2) is 0 Å². The van der Waals surface area contributed by atoms with Crippen molar-refractivity contribution < 1.29 is 4.79 Å². The summed E-state index contributed by atoms with van der Waals surface area (Å²) in [5.41, 5.74) is 1.36. The Morgan fingerprint density at radius 3 is 2.76 bits per heavy atom. The number of carbonyl (C=O) groups excluding carboxylic acids is 1. The molecule has 2 nitrogen and oxygen atoms in total. The molecule has 2 fully saturated rings. The molecule has 1 aromatic carbocycles. The largest absolute Gasteiger partial charge is 0.341 e. The zero-order valence-electron chi connectivity index (χ0n) is 12.5. The van der Waals surface area contributed by atoms with Crippen molar-refractivity contribution in [2.24, 2.45) is 11.8 Å². The lowest BCUT2D eigenvalue weighted by Crippen LogP contribution is -2.47. The smallest absolute Gasteiger partial charge is 0.236 e. The fourth-order valence-electron chi connectivity index (χ4n) is 4.32. The number of benzene rings is 1. The summed E-state index contributed by atoms with van der Waals surface area (Å²) in [4.78, 5) is 16.3. The van der Waals surface area contributed by atoms with E-state index in [1.54, 1.807) is 11.8 Å². The van der Waals surface area contributed by atoms with E-state index in [1.165, 1.54) is 42.6 Å². The van der Waals surface area contributed by atoms with Gasteiger partial charge in [0.25, 0.3) is 0 Å². The van der Waals surface area contributed by atoms with Crippen LogP contribution in [-0.2, 0) is 11.2 Å². The molecular formula is C18H23NOS. The third kappa shape index (κ3) is 2.61. The van der Waals surface area contributed by atoms with E-state index in [4.69, 9.17) is 0 Å². The number of nitrogens with zero attached hydrogens (tertiary/aromatic N) is 1. The molecule has 1 aromatic rings. The summed E-state index contributed by atoms with van der Waals surface area (Å²) in [6, 6.07) is 8.48. The molecule has 2 heterocycles. The maximum atomic E-state index is 12.8. The lowest BCUT2D eigenvalue weighted by Gasteiger charge is -2.42. The number of amides is 1. The minimum absolute atomic E-state index is 0.127. The molecule has 0 aromatic heterocycles. The quantitative estimate of drug-likeness (QED) is 0.787. The highest BCUT2D eigenvalue weighted by Gasteiger charge is 2.37. The van der Waals surface area contributed by atoms with Gasteiger partial charge in [-0.1, -0.05) is 37.5 Å². The molecule has 1 amide bonds. The summed E-state index contributed by atoms with van der Waals surface area (Å²) in [6.45, 7) is 2.02. The monoisotopic (exact) mass is 301 g/mol. The van der Waals surface area contributed by atoms with Crippen LogP contribution in [0, 0.1) is 11.8 Å². The Kier molecular flexibility index (Phi) is 3.70. The van der Waals surface area contributed by atoms with Crippen molar-refractivity contribution in [3.63, 3.8) is 0 Å². The van der Waals surface area contributed by atoms with Gasteiger partial charge in [0.1, 0.15) is 0 Å². The summed E-state index contributed by atoms with van der Waals surface area (Å²) in [7, 11) is 0. The summed E-state index contributed by atoms with van der Waals surface area (Å²) in [6.07, 6.45) is 7.67. The summed E-state index contributed by atoms with van der Waals surface area (Å²) < 4.78 is 0. The van der Waals surface area contributed by atoms with Crippen LogP contribution in [0.25, 0.3) is 0 Å². The van der Waals surface area contributed by atoms with E-state index in [9.17, 15) is 4.79 Å². The van der Waals surface area contributed by atoms with Crippen molar-refractivity contribution in [3.05, 3.63) is 29.8 Å². The zero-order chi connectivity index (χ0) is 14.2. The van der Waals surface area contributed by atoms with Crippen LogP contribution in [0.5, 0.6) is 0 Å². The Morgan fingerprint density at radius 2 is 1.90 bits per heavy atom. The standard InChI is InChI=1S/C18H23NOS/c20-18(17-11-14-6-3-4-8-16(14)21-17)19-10-9-13-5-1-2-7-15(13)12-19/h3-4,6,8,13,15,17H,1-2,5,7,9-12H2/t13-,15+,17-/m0/s1. The summed E-state index contributed by atoms with van der Waals surface area (Å²) in [5, 5.41) is 0.127. The molecule has 0 spiro atoms. The lowest BCUT2D eigenvalue weighted by molar-refractivity contribution is -0.133. The Labute approximate surface area is 131 Å². The Hall–Kier alpha value is -0.960. The second-order valence-electron chi connectivity index (χ2n) is 6.80. The minimum atomic E-state index is 0.127. The van der Waals surface area contributed by atoms with Crippen molar-refractivity contribution in [1.29, 1.82) is 0 Å². The summed E-state index contributed by atoms with van der Waals surface area (Å²) >= 11 is 1.78. The van der Waals surface area contributed by atoms with E-state index in [2.05, 4.69) is 29.2 Å². The lowest BCUT2D eigenvalue weighted by atomic mass is 9.75. The first-order valence-electron chi connectivity index (χ1n) is 8.34. The highest BCUT2D eigenvalue weighted by molar-refractivity contribution is 8.01. The molecule has 0 N–H and O–H groups in total. The first-order valence-corrected chi connectivity index (χ1v) is 9.22. The molecule has 4 rings (SSSR count). The topological polar surface area (TPSA) is 20.3 Å². The first-order chi connectivity index (χ1) is 10.3. The zero-order valence-corrected chi connectivity index (χ0v) is 13.3. The van der Waals surface area contributed by atoms with E-state index < -0.39 is 0 Å². The Bertz CT molecular complexity index is 519. The molecule has 0 radical (unpaired) electrons. The van der Waals surface area contributed by atoms with Gasteiger partial charge in [-0.15, -0.1) is 11.8 Å². The van der Waals surface area contributed by atoms with Crippen LogP contribution in [0.15, 0.2) is 29.2 Å². The number of thioether (sulfide) groups is 1. The fraction of sp³-hybridized carbons (Fsp3) is 0.611. The van der Waals surface area contributed by atoms with Gasteiger partial charge in [-0.2, -0.15) is 0 Å². The number of hydrogen-bond acceptors (Lipinski definition) is 2. The molecule has 3 aliphatic rings. The predicted molar refractivity (Wildman–Crippen MR) is 86.4 cm³/mol. The highest BCUT2D eigenvalue weighted by atomic mass is 32.2. The maximum Gasteiger partial charge on any atom is 0.236 e. The van der Waals surface area contributed by atoms with Gasteiger partial charge in [0, 0.05) is 18.0 Å². The van der Waals surface area contributed by atoms with E-state index >= 15 is 0 Å². The molecular weight excluding hydrogens is 278 g/mol. The molecule has 1 aliphatic carbocycles. The average molecular weight is 301 g/mol. The van der Waals surface area contributed by atoms with Gasteiger partial charge >= 0.3 is 0 Å². The molecule has 3 atom stereocenters. The van der Waals surface area contributed by atoms with Crippen molar-refractivity contribution >= 4 is 17.7 Å². The minimum Gasteiger partial charge on any atom is -0.341 e. The van der Waals surface area contributed by atoms with Crippen LogP contribution in [0.1, 0.15) is 37.7 Å². The van der Waals surface area contributed by atoms with E-state index in [0.717, 1.165) is 31.3 Å². The summed E-state index contributed by atoms with van der Waals surface area (Å²) in [5.74, 6) is 2.07. The van der Waals surface area contributed by atoms with Crippen LogP contribution >= 0.6 is 11.8 Å². The van der Waals surface area contributed by atoms with Gasteiger partial charge in [0.15, 0.2) is 0 Å². The number of likely N-dealkylation sites (tertiary alicyclic amines) is 1. The molecule has 3 heteroatoms. The molecule has 0 bridgehead atoms. The molecule has 112 valence electrons. The second kappa shape index (κ2) is 5.68. The maximum absolute atomic E-state index is 12.8. The normalized spacial score (nSPS) is 31.6. The Balaban J connectivity index is 1.42. The van der Waals surface area contributed by atoms with Gasteiger partial charge in [0.2, 0.25) is 5.91 Å².